The monoisotopic (exact) mass is 319 g/mol. The van der Waals surface area contributed by atoms with E-state index >= 15 is 0 Å². The lowest BCUT2D eigenvalue weighted by molar-refractivity contribution is -0.125. The van der Waals surface area contributed by atoms with Crippen molar-refractivity contribution in [2.45, 2.75) is 12.1 Å². The standard InChI is InChI=1S/C15H17N3O5/c16-6-13-11-7-22-12-5-9(17-3-4-21-8-14(17)19)1-2-10(12)18(11)15(20)23-13/h1-2,5,11,13H,3-4,6-8,16H2/t11-,13-/m0/s1. The van der Waals surface area contributed by atoms with Gasteiger partial charge in [-0.05, 0) is 12.1 Å². The van der Waals surface area contributed by atoms with Crippen molar-refractivity contribution in [3.8, 4) is 5.75 Å². The molecule has 4 rings (SSSR count). The molecule has 1 aromatic rings. The number of cyclic esters (lactones) is 1. The molecule has 0 saturated carbocycles. The Hall–Kier alpha value is -2.32. The van der Waals surface area contributed by atoms with Gasteiger partial charge in [0.05, 0.1) is 12.3 Å². The van der Waals surface area contributed by atoms with Gasteiger partial charge in [0, 0.05) is 24.8 Å². The summed E-state index contributed by atoms with van der Waals surface area (Å²) in [7, 11) is 0. The van der Waals surface area contributed by atoms with E-state index in [1.54, 1.807) is 28.0 Å². The number of hydrogen-bond donors (Lipinski definition) is 1. The van der Waals surface area contributed by atoms with Gasteiger partial charge in [0.15, 0.2) is 0 Å². The van der Waals surface area contributed by atoms with Crippen LogP contribution in [-0.2, 0) is 14.3 Å². The molecule has 0 aliphatic carbocycles. The van der Waals surface area contributed by atoms with Crippen molar-refractivity contribution in [3.63, 3.8) is 0 Å². The molecule has 2 saturated heterocycles. The van der Waals surface area contributed by atoms with Gasteiger partial charge >= 0.3 is 6.09 Å². The second-order valence-electron chi connectivity index (χ2n) is 5.66. The maximum absolute atomic E-state index is 12.1. The molecule has 0 aromatic heterocycles. The van der Waals surface area contributed by atoms with Gasteiger partial charge in [-0.15, -0.1) is 0 Å². The quantitative estimate of drug-likeness (QED) is 0.830. The van der Waals surface area contributed by atoms with E-state index in [4.69, 9.17) is 19.9 Å². The van der Waals surface area contributed by atoms with E-state index < -0.39 is 6.09 Å². The highest BCUT2D eigenvalue weighted by molar-refractivity contribution is 5.97. The maximum Gasteiger partial charge on any atom is 0.415 e. The Morgan fingerprint density at radius 2 is 2.17 bits per heavy atom. The molecule has 3 aliphatic rings. The SMILES string of the molecule is NC[C@@H]1OC(=O)N2c3ccc(N4CCOCC4=O)cc3OC[C@@H]12. The zero-order chi connectivity index (χ0) is 16.0. The summed E-state index contributed by atoms with van der Waals surface area (Å²) in [6, 6.07) is 5.14. The van der Waals surface area contributed by atoms with Gasteiger partial charge in [-0.1, -0.05) is 0 Å². The first kappa shape index (κ1) is 14.3. The molecule has 0 radical (unpaired) electrons. The first-order valence-electron chi connectivity index (χ1n) is 7.54. The summed E-state index contributed by atoms with van der Waals surface area (Å²) in [4.78, 5) is 27.3. The molecule has 2 fully saturated rings. The van der Waals surface area contributed by atoms with Gasteiger partial charge < -0.3 is 24.8 Å². The molecule has 0 unspecified atom stereocenters. The molecule has 2 amide bonds. The third kappa shape index (κ3) is 2.22. The highest BCUT2D eigenvalue weighted by Crippen LogP contribution is 2.40. The fourth-order valence-corrected chi connectivity index (χ4v) is 3.18. The van der Waals surface area contributed by atoms with Crippen molar-refractivity contribution in [1.29, 1.82) is 0 Å². The van der Waals surface area contributed by atoms with Crippen molar-refractivity contribution in [2.75, 3.05) is 42.7 Å². The minimum absolute atomic E-state index is 0.0800. The summed E-state index contributed by atoms with van der Waals surface area (Å²) in [5.41, 5.74) is 7.02. The van der Waals surface area contributed by atoms with E-state index in [0.717, 1.165) is 5.69 Å². The van der Waals surface area contributed by atoms with Crippen molar-refractivity contribution >= 4 is 23.4 Å². The van der Waals surface area contributed by atoms with Gasteiger partial charge in [0.25, 0.3) is 5.91 Å². The molecule has 2 N–H and O–H groups in total. The Balaban J connectivity index is 1.66. The van der Waals surface area contributed by atoms with Crippen LogP contribution in [0.15, 0.2) is 18.2 Å². The van der Waals surface area contributed by atoms with E-state index in [9.17, 15) is 9.59 Å². The van der Waals surface area contributed by atoms with E-state index in [2.05, 4.69) is 0 Å². The third-order valence-electron chi connectivity index (χ3n) is 4.35. The number of fused-ring (bicyclic) bond motifs is 3. The van der Waals surface area contributed by atoms with Gasteiger partial charge in [0.1, 0.15) is 31.1 Å². The molecule has 122 valence electrons. The topological polar surface area (TPSA) is 94.3 Å². The minimum atomic E-state index is -0.412. The first-order valence-corrected chi connectivity index (χ1v) is 7.54. The highest BCUT2D eigenvalue weighted by atomic mass is 16.6. The largest absolute Gasteiger partial charge is 0.489 e. The first-order chi connectivity index (χ1) is 11.2. The second-order valence-corrected chi connectivity index (χ2v) is 5.66. The number of nitrogens with zero attached hydrogens (tertiary/aromatic N) is 2. The Labute approximate surface area is 132 Å². The number of rotatable bonds is 2. The molecule has 8 nitrogen and oxygen atoms in total. The lowest BCUT2D eigenvalue weighted by atomic mass is 10.1. The second kappa shape index (κ2) is 5.39. The van der Waals surface area contributed by atoms with Crippen molar-refractivity contribution in [1.82, 2.24) is 0 Å². The number of ether oxygens (including phenoxy) is 3. The Bertz CT molecular complexity index is 665. The van der Waals surface area contributed by atoms with E-state index in [-0.39, 0.29) is 31.2 Å². The average Bonchev–Trinajstić information content (AvgIpc) is 2.91. The molecule has 0 bridgehead atoms. The Morgan fingerprint density at radius 1 is 1.30 bits per heavy atom. The Morgan fingerprint density at radius 3 is 2.96 bits per heavy atom. The number of morpholine rings is 1. The molecule has 23 heavy (non-hydrogen) atoms. The average molecular weight is 319 g/mol. The van der Waals surface area contributed by atoms with Crippen molar-refractivity contribution in [3.05, 3.63) is 18.2 Å². The molecule has 0 spiro atoms. The molecule has 3 aliphatic heterocycles. The number of hydrogen-bond acceptors (Lipinski definition) is 6. The van der Waals surface area contributed by atoms with Crippen molar-refractivity contribution < 1.29 is 23.8 Å². The van der Waals surface area contributed by atoms with Gasteiger partial charge in [-0.2, -0.15) is 0 Å². The van der Waals surface area contributed by atoms with Crippen molar-refractivity contribution in [2.24, 2.45) is 5.73 Å². The summed E-state index contributed by atoms with van der Waals surface area (Å²) in [6.45, 7) is 1.66. The van der Waals surface area contributed by atoms with Crippen LogP contribution >= 0.6 is 0 Å². The van der Waals surface area contributed by atoms with E-state index in [1.165, 1.54) is 0 Å². The predicted molar refractivity (Wildman–Crippen MR) is 80.7 cm³/mol. The normalized spacial score (nSPS) is 26.5. The third-order valence-corrected chi connectivity index (χ3v) is 4.35. The molecule has 3 heterocycles. The fourth-order valence-electron chi connectivity index (χ4n) is 3.18. The molecule has 2 atom stereocenters. The zero-order valence-electron chi connectivity index (χ0n) is 12.4. The number of carbonyl (C=O) groups is 2. The van der Waals surface area contributed by atoms with Crippen LogP contribution in [0.25, 0.3) is 0 Å². The zero-order valence-corrected chi connectivity index (χ0v) is 12.4. The molecular formula is C15H17N3O5. The smallest absolute Gasteiger partial charge is 0.415 e. The summed E-state index contributed by atoms with van der Waals surface area (Å²) in [5, 5.41) is 0. The molecule has 1 aromatic carbocycles. The maximum atomic E-state index is 12.1. The van der Waals surface area contributed by atoms with Gasteiger partial charge in [-0.3, -0.25) is 9.69 Å². The highest BCUT2D eigenvalue weighted by Gasteiger charge is 2.46. The minimum Gasteiger partial charge on any atom is -0.489 e. The van der Waals surface area contributed by atoms with Crippen LogP contribution in [0.3, 0.4) is 0 Å². The van der Waals surface area contributed by atoms with Crippen LogP contribution in [0.1, 0.15) is 0 Å². The van der Waals surface area contributed by atoms with Crippen LogP contribution in [0.5, 0.6) is 5.75 Å². The van der Waals surface area contributed by atoms with E-state index in [1.807, 2.05) is 0 Å². The number of nitrogens with two attached hydrogens (primary N) is 1. The summed E-state index contributed by atoms with van der Waals surface area (Å²) in [6.07, 6.45) is -0.777. The summed E-state index contributed by atoms with van der Waals surface area (Å²) < 4.78 is 16.2. The lowest BCUT2D eigenvalue weighted by Gasteiger charge is -2.33. The fraction of sp³-hybridized carbons (Fsp3) is 0.467. The molecular weight excluding hydrogens is 302 g/mol. The summed E-state index contributed by atoms with van der Waals surface area (Å²) in [5.74, 6) is 0.473. The Kier molecular flexibility index (Phi) is 3.35. The summed E-state index contributed by atoms with van der Waals surface area (Å²) >= 11 is 0. The number of benzene rings is 1. The number of carbonyl (C=O) groups excluding carboxylic acids is 2. The lowest BCUT2D eigenvalue weighted by Crippen LogP contribution is -2.46. The number of anilines is 2. The van der Waals surface area contributed by atoms with Crippen LogP contribution in [0.4, 0.5) is 16.2 Å². The number of amides is 2. The predicted octanol–water partition coefficient (Wildman–Crippen LogP) is 0.0947. The van der Waals surface area contributed by atoms with E-state index in [0.29, 0.717) is 31.2 Å². The van der Waals surface area contributed by atoms with Crippen LogP contribution in [0, 0.1) is 0 Å². The van der Waals surface area contributed by atoms with Crippen LogP contribution in [0.2, 0.25) is 0 Å². The van der Waals surface area contributed by atoms with Crippen LogP contribution in [-0.4, -0.2) is 57.1 Å². The van der Waals surface area contributed by atoms with Gasteiger partial charge in [-0.25, -0.2) is 4.79 Å². The molecule has 8 heteroatoms. The van der Waals surface area contributed by atoms with Crippen LogP contribution < -0.4 is 20.3 Å². The van der Waals surface area contributed by atoms with Gasteiger partial charge in [0.2, 0.25) is 0 Å².